The Kier molecular flexibility index (Phi) is 5.94. The van der Waals surface area contributed by atoms with Crippen LogP contribution in [0, 0.1) is 5.92 Å². The molecule has 0 bridgehead atoms. The van der Waals surface area contributed by atoms with Crippen molar-refractivity contribution < 1.29 is 4.79 Å². The number of likely N-dealkylation sites (N-methyl/N-ethyl adjacent to an activating group) is 1. The van der Waals surface area contributed by atoms with Crippen LogP contribution in [0.3, 0.4) is 0 Å². The second-order valence-electron chi connectivity index (χ2n) is 8.11. The lowest BCUT2D eigenvalue weighted by Crippen LogP contribution is -2.51. The number of carbonyl (C=O) groups excluding carboxylic acids is 1. The molecule has 2 fully saturated rings. The molecule has 1 atom stereocenters. The van der Waals surface area contributed by atoms with Gasteiger partial charge in [0.05, 0.1) is 24.3 Å². The minimum Gasteiger partial charge on any atom is -0.369 e. The number of hydrogen-bond donors (Lipinski definition) is 0. The lowest BCUT2D eigenvalue weighted by molar-refractivity contribution is -0.137. The Balaban J connectivity index is 1.42. The topological polar surface area (TPSA) is 61.7 Å². The van der Waals surface area contributed by atoms with Crippen molar-refractivity contribution in [3.63, 3.8) is 0 Å². The average molecular weight is 396 g/mol. The first kappa shape index (κ1) is 19.6. The van der Waals surface area contributed by atoms with Crippen LogP contribution >= 0.6 is 0 Å². The number of hydrogen-bond acceptors (Lipinski definition) is 5. The van der Waals surface area contributed by atoms with Crippen molar-refractivity contribution in [3.05, 3.63) is 58.5 Å². The summed E-state index contributed by atoms with van der Waals surface area (Å²) in [5.41, 5.74) is 1.75. The van der Waals surface area contributed by atoms with E-state index in [2.05, 4.69) is 21.9 Å². The molecule has 29 heavy (non-hydrogen) atoms. The molecular formula is C22H29N5O2. The number of benzene rings is 1. The monoisotopic (exact) mass is 395 g/mol. The van der Waals surface area contributed by atoms with Gasteiger partial charge >= 0.3 is 0 Å². The lowest BCUT2D eigenvalue weighted by atomic mass is 9.96. The minimum absolute atomic E-state index is 0.00101. The first-order valence-electron chi connectivity index (χ1n) is 10.4. The average Bonchev–Trinajstić information content (AvgIpc) is 2.76. The number of carbonyl (C=O) groups is 1. The maximum Gasteiger partial charge on any atom is 0.269 e. The van der Waals surface area contributed by atoms with Crippen LogP contribution in [0.15, 0.2) is 47.4 Å². The van der Waals surface area contributed by atoms with E-state index in [9.17, 15) is 9.59 Å². The maximum absolute atomic E-state index is 13.0. The summed E-state index contributed by atoms with van der Waals surface area (Å²) in [6.07, 6.45) is 3.63. The van der Waals surface area contributed by atoms with E-state index < -0.39 is 0 Å². The summed E-state index contributed by atoms with van der Waals surface area (Å²) in [4.78, 5) is 31.9. The summed E-state index contributed by atoms with van der Waals surface area (Å²) >= 11 is 0. The van der Waals surface area contributed by atoms with E-state index in [4.69, 9.17) is 0 Å². The number of nitrogens with zero attached hydrogens (tertiary/aromatic N) is 5. The number of piperidine rings is 1. The fourth-order valence-corrected chi connectivity index (χ4v) is 4.17. The molecule has 154 valence electrons. The van der Waals surface area contributed by atoms with Crippen LogP contribution in [-0.2, 0) is 11.3 Å². The van der Waals surface area contributed by atoms with Crippen molar-refractivity contribution in [1.82, 2.24) is 19.6 Å². The molecule has 0 unspecified atom stereocenters. The highest BCUT2D eigenvalue weighted by Gasteiger charge is 2.31. The summed E-state index contributed by atoms with van der Waals surface area (Å²) in [5.74, 6) is 0.257. The molecule has 2 saturated heterocycles. The molecule has 2 aromatic rings. The lowest BCUT2D eigenvalue weighted by Gasteiger charge is -2.38. The Hall–Kier alpha value is -2.67. The Morgan fingerprint density at radius 2 is 1.86 bits per heavy atom. The maximum atomic E-state index is 13.0. The molecule has 0 spiro atoms. The van der Waals surface area contributed by atoms with Crippen LogP contribution < -0.4 is 10.5 Å². The first-order valence-corrected chi connectivity index (χ1v) is 10.4. The van der Waals surface area contributed by atoms with Crippen molar-refractivity contribution >= 4 is 11.6 Å². The van der Waals surface area contributed by atoms with Crippen LogP contribution in [0.1, 0.15) is 18.4 Å². The van der Waals surface area contributed by atoms with Gasteiger partial charge in [-0.05, 0) is 25.5 Å². The predicted molar refractivity (Wildman–Crippen MR) is 113 cm³/mol. The SMILES string of the molecule is CN1CCN(C(=O)[C@@H]2CCCN(c3cnn(Cc4ccccc4)c(=O)c3)C2)CC1. The van der Waals surface area contributed by atoms with Crippen molar-refractivity contribution in [3.8, 4) is 0 Å². The molecule has 2 aliphatic heterocycles. The zero-order chi connectivity index (χ0) is 20.2. The highest BCUT2D eigenvalue weighted by Crippen LogP contribution is 2.23. The van der Waals surface area contributed by atoms with Crippen molar-refractivity contribution in [2.24, 2.45) is 5.92 Å². The molecule has 1 amide bonds. The van der Waals surface area contributed by atoms with Crippen LogP contribution in [0.4, 0.5) is 5.69 Å². The van der Waals surface area contributed by atoms with Crippen LogP contribution in [0.2, 0.25) is 0 Å². The molecule has 1 aromatic carbocycles. The number of rotatable bonds is 4. The van der Waals surface area contributed by atoms with Gasteiger partial charge in [0.2, 0.25) is 5.91 Å². The Bertz CT molecular complexity index is 890. The summed E-state index contributed by atoms with van der Waals surface area (Å²) in [5, 5.41) is 4.38. The summed E-state index contributed by atoms with van der Waals surface area (Å²) in [6.45, 7) is 5.47. The molecule has 4 rings (SSSR count). The van der Waals surface area contributed by atoms with E-state index in [1.807, 2.05) is 35.2 Å². The summed E-state index contributed by atoms with van der Waals surface area (Å²) in [6, 6.07) is 11.5. The van der Waals surface area contributed by atoms with Gasteiger partial charge in [-0.1, -0.05) is 30.3 Å². The minimum atomic E-state index is -0.112. The molecular weight excluding hydrogens is 366 g/mol. The van der Waals surface area contributed by atoms with Crippen LogP contribution in [0.5, 0.6) is 0 Å². The second kappa shape index (κ2) is 8.78. The fourth-order valence-electron chi connectivity index (χ4n) is 4.17. The van der Waals surface area contributed by atoms with E-state index in [1.54, 1.807) is 12.3 Å². The normalized spacial score (nSPS) is 20.7. The summed E-state index contributed by atoms with van der Waals surface area (Å²) < 4.78 is 1.48. The van der Waals surface area contributed by atoms with Gasteiger partial charge in [0, 0.05) is 45.3 Å². The van der Waals surface area contributed by atoms with Gasteiger partial charge in [0.1, 0.15) is 0 Å². The standard InChI is InChI=1S/C22H29N5O2/c1-24-10-12-25(13-11-24)22(29)19-8-5-9-26(17-19)20-14-21(28)27(23-15-20)16-18-6-3-2-4-7-18/h2-4,6-7,14-15,19H,5,8-13,16-17H2,1H3/t19-/m1/s1. The van der Waals surface area contributed by atoms with E-state index in [-0.39, 0.29) is 17.4 Å². The van der Waals surface area contributed by atoms with Gasteiger partial charge < -0.3 is 14.7 Å². The Labute approximate surface area is 171 Å². The predicted octanol–water partition coefficient (Wildman–Crippen LogP) is 1.28. The van der Waals surface area contributed by atoms with E-state index >= 15 is 0 Å². The molecule has 7 nitrogen and oxygen atoms in total. The molecule has 0 aliphatic carbocycles. The largest absolute Gasteiger partial charge is 0.369 e. The second-order valence-corrected chi connectivity index (χ2v) is 8.11. The van der Waals surface area contributed by atoms with Gasteiger partial charge in [-0.3, -0.25) is 9.59 Å². The highest BCUT2D eigenvalue weighted by molar-refractivity contribution is 5.80. The highest BCUT2D eigenvalue weighted by atomic mass is 16.2. The van der Waals surface area contributed by atoms with Crippen LogP contribution in [-0.4, -0.2) is 71.8 Å². The summed E-state index contributed by atoms with van der Waals surface area (Å²) in [7, 11) is 2.09. The number of piperazine rings is 1. The van der Waals surface area contributed by atoms with Crippen molar-refractivity contribution in [2.75, 3.05) is 51.2 Å². The Morgan fingerprint density at radius 1 is 1.10 bits per heavy atom. The van der Waals surface area contributed by atoms with Gasteiger partial charge in [-0.15, -0.1) is 0 Å². The first-order chi connectivity index (χ1) is 14.1. The third-order valence-corrected chi connectivity index (χ3v) is 5.98. The number of amides is 1. The number of anilines is 1. The smallest absolute Gasteiger partial charge is 0.269 e. The molecule has 0 N–H and O–H groups in total. The van der Waals surface area contributed by atoms with Crippen molar-refractivity contribution in [2.45, 2.75) is 19.4 Å². The van der Waals surface area contributed by atoms with E-state index in [0.717, 1.165) is 56.8 Å². The van der Waals surface area contributed by atoms with Gasteiger partial charge in [0.25, 0.3) is 5.56 Å². The zero-order valence-electron chi connectivity index (χ0n) is 17.0. The van der Waals surface area contributed by atoms with Gasteiger partial charge in [-0.2, -0.15) is 5.10 Å². The van der Waals surface area contributed by atoms with E-state index in [1.165, 1.54) is 4.68 Å². The third-order valence-electron chi connectivity index (χ3n) is 5.98. The molecule has 7 heteroatoms. The van der Waals surface area contributed by atoms with Crippen LogP contribution in [0.25, 0.3) is 0 Å². The molecule has 3 heterocycles. The third kappa shape index (κ3) is 4.67. The van der Waals surface area contributed by atoms with E-state index in [0.29, 0.717) is 13.1 Å². The Morgan fingerprint density at radius 3 is 2.59 bits per heavy atom. The molecule has 1 aromatic heterocycles. The molecule has 2 aliphatic rings. The zero-order valence-corrected chi connectivity index (χ0v) is 17.0. The fraction of sp³-hybridized carbons (Fsp3) is 0.500. The van der Waals surface area contributed by atoms with Crippen molar-refractivity contribution in [1.29, 1.82) is 0 Å². The quantitative estimate of drug-likeness (QED) is 0.781. The molecule has 0 radical (unpaired) electrons. The number of aromatic nitrogens is 2. The molecule has 0 saturated carbocycles. The van der Waals surface area contributed by atoms with Gasteiger partial charge in [-0.25, -0.2) is 4.68 Å². The van der Waals surface area contributed by atoms with Gasteiger partial charge in [0.15, 0.2) is 0 Å².